The fourth-order valence-electron chi connectivity index (χ4n) is 2.74. The predicted octanol–water partition coefficient (Wildman–Crippen LogP) is 4.53. The number of nitrogens with one attached hydrogen (secondary N) is 1. The van der Waals surface area contributed by atoms with Crippen molar-refractivity contribution in [2.24, 2.45) is 5.92 Å². The Morgan fingerprint density at radius 3 is 2.52 bits per heavy atom. The van der Waals surface area contributed by atoms with E-state index in [-0.39, 0.29) is 12.0 Å². The smallest absolute Gasteiger partial charge is 0.256 e. The van der Waals surface area contributed by atoms with E-state index in [1.54, 1.807) is 25.3 Å². The average molecular weight is 372 g/mol. The molecule has 1 aromatic rings. The Morgan fingerprint density at radius 1 is 1.32 bits per heavy atom. The monoisotopic (exact) mass is 371 g/mol. The molecule has 142 valence electrons. The van der Waals surface area contributed by atoms with Gasteiger partial charge in [-0.15, -0.1) is 0 Å². The van der Waals surface area contributed by atoms with Crippen LogP contribution >= 0.6 is 11.6 Å². The van der Waals surface area contributed by atoms with E-state index in [9.17, 15) is 4.79 Å². The van der Waals surface area contributed by atoms with Crippen molar-refractivity contribution in [1.29, 1.82) is 0 Å². The summed E-state index contributed by atoms with van der Waals surface area (Å²) >= 11 is 6.27. The van der Waals surface area contributed by atoms with Crippen molar-refractivity contribution in [3.8, 4) is 5.75 Å². The minimum atomic E-state index is -0.877. The van der Waals surface area contributed by atoms with E-state index in [2.05, 4.69) is 19.2 Å². The van der Waals surface area contributed by atoms with Crippen LogP contribution in [0.1, 0.15) is 41.0 Å². The number of halogens is 1. The van der Waals surface area contributed by atoms with Crippen LogP contribution in [-0.2, 0) is 14.3 Å². The second kappa shape index (κ2) is 10.00. The number of methoxy groups -OCH3 is 1. The van der Waals surface area contributed by atoms with Crippen LogP contribution in [0.2, 0.25) is 5.02 Å². The first-order chi connectivity index (χ1) is 11.7. The number of hydrogen-bond donors (Lipinski definition) is 1. The first-order valence-corrected chi connectivity index (χ1v) is 9.00. The first kappa shape index (κ1) is 21.7. The molecule has 0 spiro atoms. The molecule has 0 aromatic heterocycles. The molecule has 2 atom stereocenters. The van der Waals surface area contributed by atoms with E-state index in [1.807, 2.05) is 20.8 Å². The summed E-state index contributed by atoms with van der Waals surface area (Å²) in [5.41, 5.74) is -0.270. The van der Waals surface area contributed by atoms with Crippen molar-refractivity contribution in [2.75, 3.05) is 25.6 Å². The molecular formula is C19H30ClNO4. The summed E-state index contributed by atoms with van der Waals surface area (Å²) < 4.78 is 16.5. The largest absolute Gasteiger partial charge is 0.487 e. The van der Waals surface area contributed by atoms with Gasteiger partial charge >= 0.3 is 0 Å². The van der Waals surface area contributed by atoms with E-state index in [1.165, 1.54) is 0 Å². The van der Waals surface area contributed by atoms with Gasteiger partial charge in [0.25, 0.3) is 5.91 Å². The molecule has 1 N–H and O–H groups in total. The highest BCUT2D eigenvalue weighted by atomic mass is 35.5. The normalized spacial score (nSPS) is 14.9. The van der Waals surface area contributed by atoms with Gasteiger partial charge in [-0.2, -0.15) is 0 Å². The number of amides is 1. The summed E-state index contributed by atoms with van der Waals surface area (Å²) in [5.74, 6) is 0.712. The number of carbonyl (C=O) groups excluding carboxylic acids is 1. The second-order valence-electron chi connectivity index (χ2n) is 6.74. The second-order valence-corrected chi connectivity index (χ2v) is 7.15. The minimum absolute atomic E-state index is 0.116. The van der Waals surface area contributed by atoms with Crippen LogP contribution in [0.3, 0.4) is 0 Å². The van der Waals surface area contributed by atoms with Crippen LogP contribution in [0.25, 0.3) is 0 Å². The van der Waals surface area contributed by atoms with E-state index in [0.717, 1.165) is 0 Å². The lowest BCUT2D eigenvalue weighted by molar-refractivity contribution is -0.140. The van der Waals surface area contributed by atoms with Crippen molar-refractivity contribution < 1.29 is 19.0 Å². The molecule has 25 heavy (non-hydrogen) atoms. The van der Waals surface area contributed by atoms with Crippen LogP contribution < -0.4 is 10.1 Å². The van der Waals surface area contributed by atoms with Crippen molar-refractivity contribution in [1.82, 2.24) is 0 Å². The number of carbonyl (C=O) groups is 1. The van der Waals surface area contributed by atoms with Crippen LogP contribution in [0.5, 0.6) is 5.75 Å². The highest BCUT2D eigenvalue weighted by molar-refractivity contribution is 6.32. The summed E-state index contributed by atoms with van der Waals surface area (Å²) in [6.45, 7) is 10.7. The van der Waals surface area contributed by atoms with E-state index >= 15 is 0 Å². The molecule has 0 bridgehead atoms. The molecule has 1 aromatic carbocycles. The maximum Gasteiger partial charge on any atom is 0.256 e. The van der Waals surface area contributed by atoms with Gasteiger partial charge in [0.1, 0.15) is 17.5 Å². The summed E-state index contributed by atoms with van der Waals surface area (Å²) in [4.78, 5) is 12.7. The van der Waals surface area contributed by atoms with E-state index < -0.39 is 5.60 Å². The van der Waals surface area contributed by atoms with Gasteiger partial charge < -0.3 is 19.5 Å². The summed E-state index contributed by atoms with van der Waals surface area (Å²) in [5, 5.41) is 3.32. The Hall–Kier alpha value is -1.30. The number of hydrogen-bond acceptors (Lipinski definition) is 4. The maximum absolute atomic E-state index is 12.7. The van der Waals surface area contributed by atoms with Crippen molar-refractivity contribution >= 4 is 23.2 Å². The Kier molecular flexibility index (Phi) is 8.69. The SMILES string of the molecule is CCO[C@](C)(CC(C)C)C(=O)Nc1ccc(O[C@@H](C)COC)c(Cl)c1. The number of anilines is 1. The summed E-state index contributed by atoms with van der Waals surface area (Å²) in [7, 11) is 1.62. The first-order valence-electron chi connectivity index (χ1n) is 8.62. The zero-order valence-electron chi connectivity index (χ0n) is 16.0. The van der Waals surface area contributed by atoms with Crippen LogP contribution in [0.4, 0.5) is 5.69 Å². The molecule has 1 rings (SSSR count). The molecule has 0 aliphatic heterocycles. The molecule has 0 aliphatic rings. The zero-order chi connectivity index (χ0) is 19.0. The van der Waals surface area contributed by atoms with Crippen LogP contribution in [0.15, 0.2) is 18.2 Å². The minimum Gasteiger partial charge on any atom is -0.487 e. The van der Waals surface area contributed by atoms with Crippen molar-refractivity contribution in [2.45, 2.75) is 52.7 Å². The molecule has 0 aliphatic carbocycles. The van der Waals surface area contributed by atoms with Gasteiger partial charge in [0.05, 0.1) is 11.6 Å². The Morgan fingerprint density at radius 2 is 2.00 bits per heavy atom. The van der Waals surface area contributed by atoms with E-state index in [0.29, 0.717) is 42.0 Å². The fraction of sp³-hybridized carbons (Fsp3) is 0.632. The highest BCUT2D eigenvalue weighted by Crippen LogP contribution is 2.30. The van der Waals surface area contributed by atoms with Gasteiger partial charge in [-0.05, 0) is 51.3 Å². The zero-order valence-corrected chi connectivity index (χ0v) is 16.8. The molecule has 0 saturated heterocycles. The lowest BCUT2D eigenvalue weighted by Crippen LogP contribution is -2.43. The molecular weight excluding hydrogens is 342 g/mol. The van der Waals surface area contributed by atoms with Crippen molar-refractivity contribution in [3.05, 3.63) is 23.2 Å². The number of benzene rings is 1. The maximum atomic E-state index is 12.7. The average Bonchev–Trinajstić information content (AvgIpc) is 2.49. The topological polar surface area (TPSA) is 56.8 Å². The van der Waals surface area contributed by atoms with Gasteiger partial charge in [0, 0.05) is 19.4 Å². The third kappa shape index (κ3) is 6.84. The fourth-order valence-corrected chi connectivity index (χ4v) is 2.96. The Balaban J connectivity index is 2.84. The van der Waals surface area contributed by atoms with Gasteiger partial charge in [0.15, 0.2) is 0 Å². The quantitative estimate of drug-likeness (QED) is 0.656. The van der Waals surface area contributed by atoms with Gasteiger partial charge in [-0.1, -0.05) is 25.4 Å². The third-order valence-corrected chi connectivity index (χ3v) is 3.96. The lowest BCUT2D eigenvalue weighted by atomic mass is 9.93. The third-order valence-electron chi connectivity index (χ3n) is 3.66. The Bertz CT molecular complexity index is 564. The number of rotatable bonds is 10. The molecule has 0 unspecified atom stereocenters. The molecule has 0 fully saturated rings. The number of ether oxygens (including phenoxy) is 3. The van der Waals surface area contributed by atoms with E-state index in [4.69, 9.17) is 25.8 Å². The summed E-state index contributed by atoms with van der Waals surface area (Å²) in [6.07, 6.45) is 0.520. The van der Waals surface area contributed by atoms with Crippen LogP contribution in [0, 0.1) is 5.92 Å². The van der Waals surface area contributed by atoms with Gasteiger partial charge in [0.2, 0.25) is 0 Å². The molecule has 6 heteroatoms. The van der Waals surface area contributed by atoms with Gasteiger partial charge in [-0.25, -0.2) is 0 Å². The van der Waals surface area contributed by atoms with Crippen LogP contribution in [-0.4, -0.2) is 37.9 Å². The highest BCUT2D eigenvalue weighted by Gasteiger charge is 2.34. The molecule has 0 radical (unpaired) electrons. The predicted molar refractivity (Wildman–Crippen MR) is 102 cm³/mol. The van der Waals surface area contributed by atoms with Gasteiger partial charge in [-0.3, -0.25) is 4.79 Å². The molecule has 5 nitrogen and oxygen atoms in total. The van der Waals surface area contributed by atoms with Crippen molar-refractivity contribution in [3.63, 3.8) is 0 Å². The lowest BCUT2D eigenvalue weighted by Gasteiger charge is -2.30. The molecule has 1 amide bonds. The standard InChI is InChI=1S/C19H30ClNO4/c1-7-24-19(5,11-13(2)3)18(22)21-15-8-9-17(16(20)10-15)25-14(4)12-23-6/h8-10,13-14H,7,11-12H2,1-6H3,(H,21,22)/t14-,19+/m0/s1. The molecule has 0 saturated carbocycles. The summed E-state index contributed by atoms with van der Waals surface area (Å²) in [6, 6.07) is 5.18. The molecule has 0 heterocycles. The Labute approximate surface area is 156 Å².